The summed E-state index contributed by atoms with van der Waals surface area (Å²) in [5.41, 5.74) is 2.92. The van der Waals surface area contributed by atoms with Crippen molar-refractivity contribution in [3.63, 3.8) is 0 Å². The second-order valence-electron chi connectivity index (χ2n) is 7.66. The predicted octanol–water partition coefficient (Wildman–Crippen LogP) is 5.09. The molecule has 0 spiro atoms. The molecule has 2 aromatic carbocycles. The number of aromatic nitrogens is 1. The third-order valence-corrected chi connectivity index (χ3v) is 7.38. The minimum atomic E-state index is 0.0364. The van der Waals surface area contributed by atoms with Gasteiger partial charge in [-0.05, 0) is 48.9 Å². The lowest BCUT2D eigenvalue weighted by Crippen LogP contribution is -2.39. The van der Waals surface area contributed by atoms with E-state index in [9.17, 15) is 4.79 Å². The lowest BCUT2D eigenvalue weighted by atomic mass is 10.2. The average Bonchev–Trinajstić information content (AvgIpc) is 3.20. The molecule has 1 fully saturated rings. The van der Waals surface area contributed by atoms with E-state index in [2.05, 4.69) is 30.9 Å². The van der Waals surface area contributed by atoms with E-state index in [0.717, 1.165) is 70.8 Å². The van der Waals surface area contributed by atoms with Crippen LogP contribution < -0.4 is 4.90 Å². The number of morpholine rings is 1. The van der Waals surface area contributed by atoms with Gasteiger partial charge in [0.25, 0.3) is 5.91 Å². The second-order valence-corrected chi connectivity index (χ2v) is 9.98. The van der Waals surface area contributed by atoms with Crippen molar-refractivity contribution in [2.24, 2.45) is 0 Å². The fraction of sp³-hybridized carbons (Fsp3) is 0.417. The van der Waals surface area contributed by atoms with E-state index in [4.69, 9.17) is 9.72 Å². The molecule has 0 saturated carbocycles. The van der Waals surface area contributed by atoms with Gasteiger partial charge < -0.3 is 4.74 Å². The number of aryl methyl sites for hydroxylation is 1. The van der Waals surface area contributed by atoms with Crippen molar-refractivity contribution in [1.82, 2.24) is 9.88 Å². The number of thioether (sulfide) groups is 1. The van der Waals surface area contributed by atoms with Crippen LogP contribution in [-0.4, -0.2) is 60.9 Å². The molecule has 5 nitrogen and oxygen atoms in total. The van der Waals surface area contributed by atoms with Gasteiger partial charge in [-0.15, -0.1) is 11.8 Å². The number of hydrogen-bond donors (Lipinski definition) is 0. The zero-order chi connectivity index (χ0) is 21.6. The van der Waals surface area contributed by atoms with E-state index >= 15 is 0 Å². The highest BCUT2D eigenvalue weighted by molar-refractivity contribution is 7.99. The van der Waals surface area contributed by atoms with E-state index in [1.807, 2.05) is 35.2 Å². The monoisotopic (exact) mass is 455 g/mol. The average molecular weight is 456 g/mol. The standard InChI is InChI=1S/C24H29N3O2S2/c1-3-30-21-8-5-4-7-19(21)23(28)27(12-6-11-26-13-15-29-16-14-26)24-25-20-10-9-18(2)17-22(20)31-24/h4-5,7-10,17H,3,6,11-16H2,1-2H3. The molecule has 0 N–H and O–H groups in total. The van der Waals surface area contributed by atoms with Crippen LogP contribution in [0.2, 0.25) is 0 Å². The topological polar surface area (TPSA) is 45.7 Å². The van der Waals surface area contributed by atoms with Gasteiger partial charge in [-0.2, -0.15) is 0 Å². The molecule has 1 saturated heterocycles. The van der Waals surface area contributed by atoms with Crippen LogP contribution in [0.15, 0.2) is 47.4 Å². The Morgan fingerprint density at radius 3 is 2.84 bits per heavy atom. The maximum Gasteiger partial charge on any atom is 0.261 e. The van der Waals surface area contributed by atoms with Gasteiger partial charge in [-0.1, -0.05) is 36.5 Å². The largest absolute Gasteiger partial charge is 0.379 e. The van der Waals surface area contributed by atoms with Crippen LogP contribution in [-0.2, 0) is 4.74 Å². The third-order valence-electron chi connectivity index (χ3n) is 5.39. The maximum absolute atomic E-state index is 13.7. The molecule has 0 atom stereocenters. The minimum Gasteiger partial charge on any atom is -0.379 e. The highest BCUT2D eigenvalue weighted by Crippen LogP contribution is 2.32. The number of carbonyl (C=O) groups excluding carboxylic acids is 1. The van der Waals surface area contributed by atoms with Crippen LogP contribution in [0.5, 0.6) is 0 Å². The van der Waals surface area contributed by atoms with Crippen LogP contribution in [0.25, 0.3) is 10.2 Å². The Bertz CT molecular complexity index is 1030. The zero-order valence-corrected chi connectivity index (χ0v) is 19.8. The minimum absolute atomic E-state index is 0.0364. The summed E-state index contributed by atoms with van der Waals surface area (Å²) in [7, 11) is 0. The molecule has 3 aromatic rings. The Morgan fingerprint density at radius 1 is 1.23 bits per heavy atom. The molecule has 31 heavy (non-hydrogen) atoms. The molecule has 2 heterocycles. The van der Waals surface area contributed by atoms with Gasteiger partial charge in [0.2, 0.25) is 0 Å². The van der Waals surface area contributed by atoms with Gasteiger partial charge in [0.15, 0.2) is 5.13 Å². The molecule has 0 radical (unpaired) electrons. The summed E-state index contributed by atoms with van der Waals surface area (Å²) in [6.45, 7) is 9.32. The van der Waals surface area contributed by atoms with Crippen LogP contribution in [0.1, 0.15) is 29.3 Å². The summed E-state index contributed by atoms with van der Waals surface area (Å²) in [4.78, 5) is 23.9. The molecule has 1 amide bonds. The van der Waals surface area contributed by atoms with E-state index in [1.54, 1.807) is 23.1 Å². The van der Waals surface area contributed by atoms with Crippen molar-refractivity contribution in [2.75, 3.05) is 50.0 Å². The lowest BCUT2D eigenvalue weighted by molar-refractivity contribution is 0.0376. The van der Waals surface area contributed by atoms with Crippen molar-refractivity contribution < 1.29 is 9.53 Å². The number of nitrogens with zero attached hydrogens (tertiary/aromatic N) is 3. The summed E-state index contributed by atoms with van der Waals surface area (Å²) >= 11 is 3.31. The summed E-state index contributed by atoms with van der Waals surface area (Å²) in [6.07, 6.45) is 0.907. The van der Waals surface area contributed by atoms with Crippen LogP contribution in [0.3, 0.4) is 0 Å². The summed E-state index contributed by atoms with van der Waals surface area (Å²) < 4.78 is 6.58. The smallest absolute Gasteiger partial charge is 0.261 e. The molecular formula is C24H29N3O2S2. The van der Waals surface area contributed by atoms with E-state index < -0.39 is 0 Å². The number of fused-ring (bicyclic) bond motifs is 1. The maximum atomic E-state index is 13.7. The van der Waals surface area contributed by atoms with Crippen molar-refractivity contribution in [3.8, 4) is 0 Å². The SMILES string of the molecule is CCSc1ccccc1C(=O)N(CCCN1CCOCC1)c1nc2ccc(C)cc2s1. The fourth-order valence-corrected chi connectivity index (χ4v) is 5.65. The normalized spacial score (nSPS) is 14.8. The summed E-state index contributed by atoms with van der Waals surface area (Å²) in [5, 5.41) is 0.781. The number of anilines is 1. The molecule has 0 unspecified atom stereocenters. The zero-order valence-electron chi connectivity index (χ0n) is 18.2. The first kappa shape index (κ1) is 22.3. The van der Waals surface area contributed by atoms with E-state index in [-0.39, 0.29) is 5.91 Å². The lowest BCUT2D eigenvalue weighted by Gasteiger charge is -2.28. The molecule has 164 valence electrons. The number of benzene rings is 2. The van der Waals surface area contributed by atoms with Gasteiger partial charge in [0.1, 0.15) is 0 Å². The van der Waals surface area contributed by atoms with Crippen molar-refractivity contribution in [3.05, 3.63) is 53.6 Å². The number of thiazole rings is 1. The van der Waals surface area contributed by atoms with E-state index in [1.165, 1.54) is 5.56 Å². The Morgan fingerprint density at radius 2 is 2.03 bits per heavy atom. The first-order chi connectivity index (χ1) is 15.2. The number of rotatable bonds is 8. The molecule has 7 heteroatoms. The number of carbonyl (C=O) groups is 1. The van der Waals surface area contributed by atoms with E-state index in [0.29, 0.717) is 6.54 Å². The molecule has 1 aliphatic heterocycles. The van der Waals surface area contributed by atoms with Crippen LogP contribution in [0, 0.1) is 6.92 Å². The summed E-state index contributed by atoms with van der Waals surface area (Å²) in [5.74, 6) is 0.969. The van der Waals surface area contributed by atoms with Gasteiger partial charge in [0.05, 0.1) is 29.0 Å². The number of amides is 1. The van der Waals surface area contributed by atoms with Crippen molar-refractivity contribution >= 4 is 44.4 Å². The second kappa shape index (κ2) is 10.6. The first-order valence-corrected chi connectivity index (χ1v) is 12.7. The van der Waals surface area contributed by atoms with Gasteiger partial charge in [0, 0.05) is 31.1 Å². The van der Waals surface area contributed by atoms with Crippen LogP contribution in [0.4, 0.5) is 5.13 Å². The highest BCUT2D eigenvalue weighted by Gasteiger charge is 2.23. The molecule has 4 rings (SSSR count). The van der Waals surface area contributed by atoms with Gasteiger partial charge in [-0.25, -0.2) is 4.98 Å². The predicted molar refractivity (Wildman–Crippen MR) is 131 cm³/mol. The third kappa shape index (κ3) is 5.47. The summed E-state index contributed by atoms with van der Waals surface area (Å²) in [6, 6.07) is 14.2. The van der Waals surface area contributed by atoms with Crippen molar-refractivity contribution in [2.45, 2.75) is 25.2 Å². The van der Waals surface area contributed by atoms with Crippen molar-refractivity contribution in [1.29, 1.82) is 0 Å². The number of ether oxygens (including phenoxy) is 1. The quantitative estimate of drug-likeness (QED) is 0.443. The Hall–Kier alpha value is -1.93. The Kier molecular flexibility index (Phi) is 7.61. The Balaban J connectivity index is 1.60. The first-order valence-electron chi connectivity index (χ1n) is 10.9. The molecule has 1 aliphatic rings. The number of hydrogen-bond acceptors (Lipinski definition) is 6. The highest BCUT2D eigenvalue weighted by atomic mass is 32.2. The molecular weight excluding hydrogens is 426 g/mol. The molecule has 0 bridgehead atoms. The van der Waals surface area contributed by atoms with Crippen LogP contribution >= 0.6 is 23.1 Å². The fourth-order valence-electron chi connectivity index (χ4n) is 3.77. The molecule has 1 aromatic heterocycles. The van der Waals surface area contributed by atoms with Gasteiger partial charge >= 0.3 is 0 Å². The molecule has 0 aliphatic carbocycles. The van der Waals surface area contributed by atoms with Gasteiger partial charge in [-0.3, -0.25) is 14.6 Å². The Labute approximate surface area is 192 Å².